The second kappa shape index (κ2) is 9.21. The van der Waals surface area contributed by atoms with Crippen molar-refractivity contribution in [2.24, 2.45) is 0 Å². The van der Waals surface area contributed by atoms with Crippen molar-refractivity contribution >= 4 is 35.0 Å². The van der Waals surface area contributed by atoms with E-state index in [4.69, 9.17) is 11.6 Å². The van der Waals surface area contributed by atoms with Crippen LogP contribution in [0.5, 0.6) is 0 Å². The largest absolute Gasteiger partial charge is 0.325 e. The van der Waals surface area contributed by atoms with Crippen LogP contribution in [-0.2, 0) is 11.3 Å². The van der Waals surface area contributed by atoms with Crippen LogP contribution in [0.2, 0.25) is 5.02 Å². The van der Waals surface area contributed by atoms with Gasteiger partial charge < -0.3 is 9.88 Å². The number of carbonyl (C=O) groups excluding carboxylic acids is 1. The van der Waals surface area contributed by atoms with E-state index in [0.29, 0.717) is 5.02 Å². The molecule has 0 aliphatic carbocycles. The summed E-state index contributed by atoms with van der Waals surface area (Å²) in [6.45, 7) is 6.66. The van der Waals surface area contributed by atoms with E-state index in [9.17, 15) is 4.79 Å². The third-order valence-electron chi connectivity index (χ3n) is 4.21. The van der Waals surface area contributed by atoms with E-state index in [0.717, 1.165) is 40.8 Å². The average molecular weight is 416 g/mol. The lowest BCUT2D eigenvalue weighted by atomic mass is 10.2. The number of nitrogens with one attached hydrogen (secondary N) is 1. The number of rotatable bonds is 7. The maximum atomic E-state index is 12.7. The van der Waals surface area contributed by atoms with Crippen molar-refractivity contribution in [2.45, 2.75) is 44.1 Å². The zero-order valence-corrected chi connectivity index (χ0v) is 17.6. The Hall–Kier alpha value is -2.38. The number of thioether (sulfide) groups is 1. The van der Waals surface area contributed by atoms with Crippen LogP contribution in [-0.4, -0.2) is 30.9 Å². The Morgan fingerprint density at radius 3 is 2.71 bits per heavy atom. The van der Waals surface area contributed by atoms with E-state index in [-0.39, 0.29) is 11.2 Å². The molecule has 1 atom stereocenters. The molecule has 28 heavy (non-hydrogen) atoms. The second-order valence-corrected chi connectivity index (χ2v) is 8.15. The summed E-state index contributed by atoms with van der Waals surface area (Å²) < 4.78 is 2.05. The molecule has 0 saturated heterocycles. The van der Waals surface area contributed by atoms with Crippen molar-refractivity contribution in [3.8, 4) is 11.4 Å². The number of anilines is 1. The van der Waals surface area contributed by atoms with E-state index in [1.54, 1.807) is 24.5 Å². The molecule has 1 aromatic carbocycles. The zero-order valence-electron chi connectivity index (χ0n) is 16.0. The lowest BCUT2D eigenvalue weighted by molar-refractivity contribution is -0.115. The first-order chi connectivity index (χ1) is 13.5. The molecule has 0 spiro atoms. The van der Waals surface area contributed by atoms with Gasteiger partial charge in [-0.25, -0.2) is 0 Å². The maximum absolute atomic E-state index is 12.7. The second-order valence-electron chi connectivity index (χ2n) is 6.40. The highest BCUT2D eigenvalue weighted by Gasteiger charge is 2.21. The number of nitrogens with zero attached hydrogens (tertiary/aromatic N) is 4. The molecule has 2 heterocycles. The molecule has 0 aliphatic rings. The lowest BCUT2D eigenvalue weighted by Gasteiger charge is -2.14. The van der Waals surface area contributed by atoms with Crippen LogP contribution in [0, 0.1) is 6.92 Å². The fraction of sp³-hybridized carbons (Fsp3) is 0.300. The van der Waals surface area contributed by atoms with Gasteiger partial charge in [-0.15, -0.1) is 10.2 Å². The summed E-state index contributed by atoms with van der Waals surface area (Å²) in [6.07, 6.45) is 4.40. The number of carbonyl (C=O) groups is 1. The topological polar surface area (TPSA) is 72.7 Å². The number of pyridine rings is 1. The highest BCUT2D eigenvalue weighted by Crippen LogP contribution is 2.28. The number of aromatic nitrogens is 4. The Bertz CT molecular complexity index is 960. The Morgan fingerprint density at radius 1 is 1.25 bits per heavy atom. The third kappa shape index (κ3) is 4.72. The Kier molecular flexibility index (Phi) is 6.70. The van der Waals surface area contributed by atoms with Gasteiger partial charge in [-0.05, 0) is 50.1 Å². The molecular weight excluding hydrogens is 394 g/mol. The molecule has 0 aliphatic heterocycles. The first-order valence-corrected chi connectivity index (χ1v) is 10.3. The number of hydrogen-bond acceptors (Lipinski definition) is 5. The van der Waals surface area contributed by atoms with E-state index in [2.05, 4.69) is 32.0 Å². The number of halogens is 1. The van der Waals surface area contributed by atoms with Crippen LogP contribution in [0.3, 0.4) is 0 Å². The Labute approximate surface area is 173 Å². The van der Waals surface area contributed by atoms with E-state index in [1.165, 1.54) is 11.8 Å². The lowest BCUT2D eigenvalue weighted by Crippen LogP contribution is -2.23. The van der Waals surface area contributed by atoms with Crippen LogP contribution < -0.4 is 5.32 Å². The smallest absolute Gasteiger partial charge is 0.237 e. The maximum Gasteiger partial charge on any atom is 0.237 e. The van der Waals surface area contributed by atoms with Crippen LogP contribution in [0.4, 0.5) is 5.69 Å². The normalized spacial score (nSPS) is 12.0. The van der Waals surface area contributed by atoms with E-state index in [1.807, 2.05) is 32.0 Å². The molecule has 0 saturated carbocycles. The zero-order chi connectivity index (χ0) is 20.1. The van der Waals surface area contributed by atoms with Crippen LogP contribution in [0.25, 0.3) is 11.4 Å². The minimum absolute atomic E-state index is 0.105. The summed E-state index contributed by atoms with van der Waals surface area (Å²) in [5, 5.41) is 12.6. The van der Waals surface area contributed by atoms with Crippen LogP contribution >= 0.6 is 23.4 Å². The van der Waals surface area contributed by atoms with Gasteiger partial charge in [0.15, 0.2) is 11.0 Å². The van der Waals surface area contributed by atoms with Gasteiger partial charge in [-0.1, -0.05) is 36.4 Å². The molecule has 3 rings (SSSR count). The summed E-state index contributed by atoms with van der Waals surface area (Å²) in [5.74, 6) is 0.678. The molecule has 146 valence electrons. The standard InChI is InChI=1S/C20H22ClN5OS/c1-4-11-26-18(15-7-9-22-10-8-15)24-25-20(26)28-14(3)19(27)23-17-12-16(21)6-5-13(17)2/h5-10,12,14H,4,11H2,1-3H3,(H,23,27)/t14-/m0/s1. The Morgan fingerprint density at radius 2 is 2.00 bits per heavy atom. The van der Waals surface area contributed by atoms with Crippen LogP contribution in [0.15, 0.2) is 47.9 Å². The van der Waals surface area contributed by atoms with Gasteiger partial charge in [-0.3, -0.25) is 9.78 Å². The molecule has 1 amide bonds. The first-order valence-electron chi connectivity index (χ1n) is 9.07. The van der Waals surface area contributed by atoms with Gasteiger partial charge in [0.1, 0.15) is 0 Å². The summed E-state index contributed by atoms with van der Waals surface area (Å²) >= 11 is 7.44. The molecule has 8 heteroatoms. The highest BCUT2D eigenvalue weighted by molar-refractivity contribution is 8.00. The third-order valence-corrected chi connectivity index (χ3v) is 5.53. The predicted molar refractivity (Wildman–Crippen MR) is 114 cm³/mol. The number of hydrogen-bond donors (Lipinski definition) is 1. The molecule has 2 aromatic heterocycles. The molecule has 6 nitrogen and oxygen atoms in total. The minimum Gasteiger partial charge on any atom is -0.325 e. The van der Waals surface area contributed by atoms with Crippen molar-refractivity contribution in [1.82, 2.24) is 19.7 Å². The molecule has 0 bridgehead atoms. The summed E-state index contributed by atoms with van der Waals surface area (Å²) in [6, 6.07) is 9.26. The summed E-state index contributed by atoms with van der Waals surface area (Å²) in [7, 11) is 0. The Balaban J connectivity index is 1.78. The highest BCUT2D eigenvalue weighted by atomic mass is 35.5. The average Bonchev–Trinajstić information content (AvgIpc) is 3.08. The van der Waals surface area contributed by atoms with Crippen molar-refractivity contribution in [3.05, 3.63) is 53.3 Å². The van der Waals surface area contributed by atoms with Crippen molar-refractivity contribution < 1.29 is 4.79 Å². The molecule has 3 aromatic rings. The van der Waals surface area contributed by atoms with Crippen LogP contribution in [0.1, 0.15) is 25.8 Å². The van der Waals surface area contributed by atoms with E-state index < -0.39 is 0 Å². The quantitative estimate of drug-likeness (QED) is 0.559. The molecule has 0 fully saturated rings. The van der Waals surface area contributed by atoms with Gasteiger partial charge in [0.05, 0.1) is 5.25 Å². The predicted octanol–water partition coefficient (Wildman–Crippen LogP) is 4.83. The van der Waals surface area contributed by atoms with Crippen molar-refractivity contribution in [2.75, 3.05) is 5.32 Å². The summed E-state index contributed by atoms with van der Waals surface area (Å²) in [4.78, 5) is 16.7. The van der Waals surface area contributed by atoms with Gasteiger partial charge in [0.25, 0.3) is 0 Å². The number of benzene rings is 1. The molecule has 0 radical (unpaired) electrons. The fourth-order valence-electron chi connectivity index (χ4n) is 2.69. The first kappa shape index (κ1) is 20.4. The van der Waals surface area contributed by atoms with Crippen molar-refractivity contribution in [3.63, 3.8) is 0 Å². The minimum atomic E-state index is -0.344. The van der Waals surface area contributed by atoms with E-state index >= 15 is 0 Å². The van der Waals surface area contributed by atoms with Gasteiger partial charge in [0.2, 0.25) is 5.91 Å². The van der Waals surface area contributed by atoms with Gasteiger partial charge in [0, 0.05) is 35.2 Å². The van der Waals surface area contributed by atoms with Crippen molar-refractivity contribution in [1.29, 1.82) is 0 Å². The van der Waals surface area contributed by atoms with Gasteiger partial charge in [-0.2, -0.15) is 0 Å². The number of amides is 1. The number of aryl methyl sites for hydroxylation is 1. The summed E-state index contributed by atoms with van der Waals surface area (Å²) in [5.41, 5.74) is 2.64. The molecule has 1 N–H and O–H groups in total. The monoisotopic (exact) mass is 415 g/mol. The molecule has 0 unspecified atom stereocenters. The fourth-order valence-corrected chi connectivity index (χ4v) is 3.74. The SMILES string of the molecule is CCCn1c(S[C@@H](C)C(=O)Nc2cc(Cl)ccc2C)nnc1-c1ccncc1. The van der Waals surface area contributed by atoms with Gasteiger partial charge >= 0.3 is 0 Å². The molecular formula is C20H22ClN5OS.